The lowest BCUT2D eigenvalue weighted by Crippen LogP contribution is -2.39. The van der Waals surface area contributed by atoms with Gasteiger partial charge in [0.25, 0.3) is 0 Å². The van der Waals surface area contributed by atoms with E-state index in [9.17, 15) is 19.2 Å². The van der Waals surface area contributed by atoms with Crippen LogP contribution in [0, 0.1) is 23.7 Å². The number of cyclic esters (lactones) is 2. The normalized spacial score (nSPS) is 21.7. The number of allylic oxidation sites excluding steroid dienone is 2. The number of carbonyl (C=O) groups excluding carboxylic acids is 4. The Morgan fingerprint density at radius 2 is 0.978 bits per heavy atom. The summed E-state index contributed by atoms with van der Waals surface area (Å²) in [5.74, 6) is -5.61. The van der Waals surface area contributed by atoms with Gasteiger partial charge in [0.15, 0.2) is 23.2 Å². The molecule has 0 unspecified atom stereocenters. The summed E-state index contributed by atoms with van der Waals surface area (Å²) >= 11 is 0. The summed E-state index contributed by atoms with van der Waals surface area (Å²) in [5.41, 5.74) is 3.75. The minimum Gasteiger partial charge on any atom is -0.497 e. The molecule has 22 heteroatoms. The predicted molar refractivity (Wildman–Crippen MR) is 352 cm³/mol. The lowest BCUT2D eigenvalue weighted by Gasteiger charge is -2.33. The molecule has 18 nitrogen and oxygen atoms in total. The van der Waals surface area contributed by atoms with E-state index in [0.717, 1.165) is 11.1 Å². The number of nitrogens with zero attached hydrogens (tertiary/aromatic N) is 1. The smallest absolute Gasteiger partial charge is 0.345 e. The molecule has 0 saturated carbocycles. The predicted octanol–water partition coefficient (Wildman–Crippen LogP) is 14.7. The van der Waals surface area contributed by atoms with E-state index in [1.54, 1.807) is 124 Å². The van der Waals surface area contributed by atoms with E-state index in [2.05, 4.69) is 5.32 Å². The minimum atomic E-state index is -1.20. The number of esters is 2. The van der Waals surface area contributed by atoms with Crippen molar-refractivity contribution in [1.29, 1.82) is 0 Å². The van der Waals surface area contributed by atoms with Crippen molar-refractivity contribution >= 4 is 62.8 Å². The van der Waals surface area contributed by atoms with Gasteiger partial charge in [-0.1, -0.05) is 90.1 Å². The van der Waals surface area contributed by atoms with E-state index in [1.807, 2.05) is 90.1 Å². The maximum absolute atomic E-state index is 16.1. The maximum Gasteiger partial charge on any atom is 0.345 e. The van der Waals surface area contributed by atoms with Gasteiger partial charge in [-0.25, -0.2) is 18.4 Å². The molecule has 0 aromatic heterocycles. The Hall–Kier alpha value is -7.33. The number of rotatable bonds is 24. The molecule has 0 spiro atoms. The van der Waals surface area contributed by atoms with Gasteiger partial charge >= 0.3 is 11.9 Å². The molecule has 4 aromatic rings. The quantitative estimate of drug-likeness (QED) is 0.0513. The van der Waals surface area contributed by atoms with Gasteiger partial charge in [0.05, 0.1) is 39.6 Å². The van der Waals surface area contributed by atoms with Crippen molar-refractivity contribution in [3.8, 4) is 23.0 Å². The number of nitrogens with one attached hydrogen (secondary N) is 1. The van der Waals surface area contributed by atoms with Gasteiger partial charge in [-0.2, -0.15) is 0 Å². The highest BCUT2D eigenvalue weighted by molar-refractivity contribution is 6.60. The van der Waals surface area contributed by atoms with Crippen LogP contribution in [0.5, 0.6) is 23.0 Å². The molecular weight excluding hydrogens is 1200 g/mol. The molecule has 2 saturated heterocycles. The molecule has 1 N–H and O–H groups in total. The van der Waals surface area contributed by atoms with Gasteiger partial charge in [0.1, 0.15) is 70.2 Å². The van der Waals surface area contributed by atoms with Crippen molar-refractivity contribution in [3.05, 3.63) is 142 Å². The van der Waals surface area contributed by atoms with Crippen molar-refractivity contribution in [2.45, 2.75) is 183 Å². The molecule has 8 atom stereocenters. The SMILES string of the molecule is [B]C(=O)N(C)c1cc(/C=C/C[C@@H]2OC(C)(C)O[C@@H]2[C@H](OCc2ccc(OC)cc2)/C(F)=C\[C@@H](C)C(C)C)c2c(c1)OC(C)(C)OC2=O.[B]C(=O)Nc1cc(/C=C/C[C@@H]2OC(C)(C)O[C@@H]2[C@H](OCc2ccc(OC)cc2)/C(F)=C\[C@@H](C)C(C)C)c2c(c1)OC(C)(C)OC2=O. The first kappa shape index (κ1) is 73.1. The van der Waals surface area contributed by atoms with Crippen LogP contribution in [0.25, 0.3) is 12.2 Å². The Balaban J connectivity index is 0.000000264. The van der Waals surface area contributed by atoms with Crippen LogP contribution in [0.2, 0.25) is 0 Å². The Kier molecular flexibility index (Phi) is 24.2. The number of methoxy groups -OCH3 is 2. The lowest BCUT2D eigenvalue weighted by molar-refractivity contribution is -0.158. The number of benzene rings is 4. The van der Waals surface area contributed by atoms with Crippen molar-refractivity contribution in [3.63, 3.8) is 0 Å². The summed E-state index contributed by atoms with van der Waals surface area (Å²) in [4.78, 5) is 50.8. The number of anilines is 2. The molecule has 4 heterocycles. The Morgan fingerprint density at radius 1 is 0.581 bits per heavy atom. The van der Waals surface area contributed by atoms with Crippen molar-refractivity contribution in [1.82, 2.24) is 0 Å². The van der Waals surface area contributed by atoms with Gasteiger partial charge in [-0.05, 0) is 135 Å². The fourth-order valence-electron chi connectivity index (χ4n) is 10.6. The second-order valence-corrected chi connectivity index (χ2v) is 26.0. The third-order valence-electron chi connectivity index (χ3n) is 16.1. The van der Waals surface area contributed by atoms with Crippen molar-refractivity contribution < 1.29 is 84.8 Å². The standard InChI is InChI=1S/C36H45BFNO8.C35H43BFNO8/c1-21(2)22(3)17-27(38)31(43-20-23-13-15-26(42-9)16-14-23)32-28(44-35(4,5)46-32)12-10-11-24-18-25(39(8)34(37)41)19-29-30(24)33(40)47-36(6,7)45-29;1-20(2)21(3)16-26(37)30(42-19-22-12-14-25(41-8)15-13-22)31-27(43-34(4,5)45-31)11-9-10-23-17-24(38-33(36)40)18-28-29(23)32(39)46-35(6,7)44-28/h10-11,13-19,21-22,28,31-32H,12,20H2,1-9H3;9-10,12-18,20-21,27,30-31H,11,19H2,1-8H3,(H,38,40)/b11-10+,27-17+;10-9+,26-16+/t22-,28+,31-,32+;21-,27+,30-,31+/m11/s1. The number of hydrogen-bond donors (Lipinski definition) is 1. The van der Waals surface area contributed by atoms with E-state index < -0.39 is 95.0 Å². The maximum atomic E-state index is 16.1. The summed E-state index contributed by atoms with van der Waals surface area (Å²) in [6.45, 7) is 25.9. The molecule has 2 fully saturated rings. The highest BCUT2D eigenvalue weighted by Crippen LogP contribution is 2.42. The molecule has 4 aromatic carbocycles. The Bertz CT molecular complexity index is 3420. The second kappa shape index (κ2) is 30.8. The van der Waals surface area contributed by atoms with E-state index in [-0.39, 0.29) is 72.4 Å². The van der Waals surface area contributed by atoms with Crippen molar-refractivity contribution in [2.24, 2.45) is 23.7 Å². The van der Waals surface area contributed by atoms with Gasteiger partial charge in [-0.15, -0.1) is 0 Å². The first-order valence-electron chi connectivity index (χ1n) is 31.2. The highest BCUT2D eigenvalue weighted by Gasteiger charge is 2.49. The molecular formula is C71H88B2F2N2O16. The van der Waals surface area contributed by atoms with Crippen LogP contribution in [0.3, 0.4) is 0 Å². The molecule has 8 rings (SSSR count). The summed E-state index contributed by atoms with van der Waals surface area (Å²) in [6, 6.07) is 21.1. The van der Waals surface area contributed by atoms with Crippen LogP contribution in [0.4, 0.5) is 29.7 Å². The zero-order valence-electron chi connectivity index (χ0n) is 56.4. The molecule has 498 valence electrons. The fraction of sp³-hybridized carbons (Fsp3) is 0.493. The van der Waals surface area contributed by atoms with E-state index in [4.69, 9.17) is 72.5 Å². The average Bonchev–Trinajstić information content (AvgIpc) is 1.58. The van der Waals surface area contributed by atoms with E-state index in [0.29, 0.717) is 34.0 Å². The van der Waals surface area contributed by atoms with Crippen LogP contribution in [-0.2, 0) is 51.1 Å². The van der Waals surface area contributed by atoms with Gasteiger partial charge in [0.2, 0.25) is 27.3 Å². The zero-order valence-corrected chi connectivity index (χ0v) is 56.4. The van der Waals surface area contributed by atoms with E-state index >= 15 is 8.78 Å². The molecule has 93 heavy (non-hydrogen) atoms. The molecule has 0 bridgehead atoms. The number of ether oxygens (including phenoxy) is 12. The first-order valence-corrected chi connectivity index (χ1v) is 31.2. The van der Waals surface area contributed by atoms with Crippen LogP contribution in [-0.4, -0.2) is 120 Å². The monoisotopic (exact) mass is 1280 g/mol. The number of hydrogen-bond acceptors (Lipinski definition) is 16. The number of amides is 2. The number of fused-ring (bicyclic) bond motifs is 2. The molecule has 2 amide bonds. The highest BCUT2D eigenvalue weighted by atomic mass is 19.1. The first-order chi connectivity index (χ1) is 43.6. The third kappa shape index (κ3) is 19.9. The summed E-state index contributed by atoms with van der Waals surface area (Å²) in [6.07, 6.45) is 5.85. The van der Waals surface area contributed by atoms with Gasteiger partial charge in [0, 0.05) is 58.3 Å². The fourth-order valence-corrected chi connectivity index (χ4v) is 10.6. The van der Waals surface area contributed by atoms with Gasteiger partial charge < -0.3 is 67.1 Å². The van der Waals surface area contributed by atoms with E-state index in [1.165, 1.54) is 18.0 Å². The zero-order chi connectivity index (χ0) is 68.5. The average molecular weight is 1290 g/mol. The van der Waals surface area contributed by atoms with Crippen LogP contribution < -0.4 is 29.2 Å². The second-order valence-electron chi connectivity index (χ2n) is 26.0. The summed E-state index contributed by atoms with van der Waals surface area (Å²) < 4.78 is 103. The van der Waals surface area contributed by atoms with Crippen LogP contribution in [0.15, 0.2) is 109 Å². The third-order valence-corrected chi connectivity index (χ3v) is 16.1. The Morgan fingerprint density at radius 3 is 1.35 bits per heavy atom. The van der Waals surface area contributed by atoms with Crippen LogP contribution in [0.1, 0.15) is 153 Å². The number of halogens is 2. The largest absolute Gasteiger partial charge is 0.497 e. The molecule has 4 aliphatic heterocycles. The van der Waals surface area contributed by atoms with Gasteiger partial charge in [-0.3, -0.25) is 9.59 Å². The molecule has 0 aliphatic carbocycles. The summed E-state index contributed by atoms with van der Waals surface area (Å²) in [7, 11) is 15.6. The molecule has 4 aliphatic rings. The number of carbonyl (C=O) groups is 4. The Labute approximate surface area is 548 Å². The minimum absolute atomic E-state index is 0.0415. The van der Waals surface area contributed by atoms with Crippen molar-refractivity contribution in [2.75, 3.05) is 31.5 Å². The topological polar surface area (TPSA) is 194 Å². The van der Waals surface area contributed by atoms with Crippen LogP contribution >= 0.6 is 0 Å². The lowest BCUT2D eigenvalue weighted by atomic mass is 9.95. The molecule has 4 radical (unpaired) electrons. The summed E-state index contributed by atoms with van der Waals surface area (Å²) in [5, 5.41) is 2.53.